The van der Waals surface area contributed by atoms with Crippen molar-refractivity contribution >= 4 is 21.4 Å². The Morgan fingerprint density at radius 2 is 2.24 bits per heavy atom. The van der Waals surface area contributed by atoms with Crippen LogP contribution in [0.2, 0.25) is 0 Å². The normalized spacial score (nSPS) is 18.4. The molecule has 1 saturated carbocycles. The number of nitrogens with two attached hydrogens (primary N) is 1. The number of nitrogens with one attached hydrogen (secondary N) is 1. The van der Waals surface area contributed by atoms with Gasteiger partial charge in [0.05, 0.1) is 0 Å². The third-order valence-electron chi connectivity index (χ3n) is 2.92. The van der Waals surface area contributed by atoms with E-state index in [0.29, 0.717) is 4.88 Å². The topological polar surface area (TPSA) is 96.0 Å². The van der Waals surface area contributed by atoms with Gasteiger partial charge in [-0.05, 0) is 31.4 Å². The number of hydrogen-bond acceptors (Lipinski definition) is 5. The van der Waals surface area contributed by atoms with Gasteiger partial charge in [0.1, 0.15) is 15.2 Å². The molecule has 1 aromatic heterocycles. The van der Waals surface area contributed by atoms with Crippen LogP contribution in [0.3, 0.4) is 0 Å². The minimum absolute atomic E-state index is 0.164. The highest BCUT2D eigenvalue weighted by Crippen LogP contribution is 2.29. The molecule has 5 nitrogen and oxygen atoms in total. The van der Waals surface area contributed by atoms with E-state index in [4.69, 9.17) is 11.0 Å². The van der Waals surface area contributed by atoms with Gasteiger partial charge in [0.25, 0.3) is 0 Å². The summed E-state index contributed by atoms with van der Waals surface area (Å²) in [5.74, 6) is 0. The summed E-state index contributed by atoms with van der Waals surface area (Å²) in [7, 11) is -3.52. The second kappa shape index (κ2) is 4.38. The Bertz CT molecular complexity index is 552. The molecule has 0 aromatic carbocycles. The zero-order chi connectivity index (χ0) is 12.5. The van der Waals surface area contributed by atoms with Gasteiger partial charge in [0.2, 0.25) is 10.0 Å². The summed E-state index contributed by atoms with van der Waals surface area (Å²) in [6, 6.07) is 4.86. The van der Waals surface area contributed by atoms with Crippen molar-refractivity contribution in [2.45, 2.75) is 29.0 Å². The summed E-state index contributed by atoms with van der Waals surface area (Å²) >= 11 is 0.964. The van der Waals surface area contributed by atoms with E-state index in [2.05, 4.69) is 4.72 Å². The van der Waals surface area contributed by atoms with Gasteiger partial charge in [-0.2, -0.15) is 5.26 Å². The SMILES string of the molecule is N#Cc1ccc(S(=O)(=O)NCC2(N)CCC2)s1. The average Bonchev–Trinajstić information content (AvgIpc) is 2.73. The van der Waals surface area contributed by atoms with Gasteiger partial charge in [-0.3, -0.25) is 0 Å². The fourth-order valence-electron chi connectivity index (χ4n) is 1.64. The van der Waals surface area contributed by atoms with Crippen molar-refractivity contribution in [1.29, 1.82) is 5.26 Å². The Morgan fingerprint density at radius 1 is 1.53 bits per heavy atom. The number of hydrogen-bond donors (Lipinski definition) is 2. The largest absolute Gasteiger partial charge is 0.324 e. The van der Waals surface area contributed by atoms with E-state index in [0.717, 1.165) is 30.6 Å². The van der Waals surface area contributed by atoms with Crippen LogP contribution in [-0.4, -0.2) is 20.5 Å². The predicted molar refractivity (Wildman–Crippen MR) is 65.0 cm³/mol. The van der Waals surface area contributed by atoms with Crippen molar-refractivity contribution in [1.82, 2.24) is 4.72 Å². The van der Waals surface area contributed by atoms with Crippen molar-refractivity contribution in [3.63, 3.8) is 0 Å². The molecular formula is C10H13N3O2S2. The minimum Gasteiger partial charge on any atom is -0.324 e. The first kappa shape index (κ1) is 12.5. The van der Waals surface area contributed by atoms with E-state index in [1.165, 1.54) is 12.1 Å². The van der Waals surface area contributed by atoms with E-state index in [1.54, 1.807) is 0 Å². The van der Waals surface area contributed by atoms with E-state index in [1.807, 2.05) is 6.07 Å². The molecule has 0 saturated heterocycles. The number of rotatable bonds is 4. The van der Waals surface area contributed by atoms with Gasteiger partial charge in [0.15, 0.2) is 0 Å². The molecule has 0 atom stereocenters. The first-order chi connectivity index (χ1) is 7.95. The summed E-state index contributed by atoms with van der Waals surface area (Å²) in [6.07, 6.45) is 2.75. The highest BCUT2D eigenvalue weighted by Gasteiger charge is 2.33. The van der Waals surface area contributed by atoms with Crippen LogP contribution >= 0.6 is 11.3 Å². The van der Waals surface area contributed by atoms with Crippen LogP contribution in [0.15, 0.2) is 16.3 Å². The second-order valence-electron chi connectivity index (χ2n) is 4.27. The van der Waals surface area contributed by atoms with E-state index < -0.39 is 10.0 Å². The molecule has 1 aromatic rings. The fourth-order valence-corrected chi connectivity index (χ4v) is 3.93. The molecule has 3 N–H and O–H groups in total. The standard InChI is InChI=1S/C10H13N3O2S2/c11-6-8-2-3-9(16-8)17(14,15)13-7-10(12)4-1-5-10/h2-3,13H,1,4-5,7,12H2. The lowest BCUT2D eigenvalue weighted by molar-refractivity contribution is 0.251. The smallest absolute Gasteiger partial charge is 0.250 e. The first-order valence-electron chi connectivity index (χ1n) is 5.24. The highest BCUT2D eigenvalue weighted by molar-refractivity contribution is 7.91. The van der Waals surface area contributed by atoms with Gasteiger partial charge >= 0.3 is 0 Å². The molecule has 1 fully saturated rings. The molecule has 0 amide bonds. The summed E-state index contributed by atoms with van der Waals surface area (Å²) < 4.78 is 26.4. The number of nitrogens with zero attached hydrogens (tertiary/aromatic N) is 1. The Kier molecular flexibility index (Phi) is 3.23. The van der Waals surface area contributed by atoms with Crippen LogP contribution in [0.25, 0.3) is 0 Å². The zero-order valence-corrected chi connectivity index (χ0v) is 10.8. The highest BCUT2D eigenvalue weighted by atomic mass is 32.2. The molecule has 0 aliphatic heterocycles. The Labute approximate surface area is 104 Å². The quantitative estimate of drug-likeness (QED) is 0.845. The predicted octanol–water partition coefficient (Wildman–Crippen LogP) is 0.779. The molecule has 0 spiro atoms. The van der Waals surface area contributed by atoms with Crippen LogP contribution in [0.1, 0.15) is 24.1 Å². The zero-order valence-electron chi connectivity index (χ0n) is 9.14. The van der Waals surface area contributed by atoms with Gasteiger partial charge < -0.3 is 5.73 Å². The maximum atomic E-state index is 11.9. The molecule has 0 radical (unpaired) electrons. The van der Waals surface area contributed by atoms with E-state index in [9.17, 15) is 8.42 Å². The Hall–Kier alpha value is -0.940. The van der Waals surface area contributed by atoms with Gasteiger partial charge in [-0.15, -0.1) is 11.3 Å². The third kappa shape index (κ3) is 2.66. The van der Waals surface area contributed by atoms with Gasteiger partial charge in [-0.1, -0.05) is 0 Å². The summed E-state index contributed by atoms with van der Waals surface area (Å²) in [5.41, 5.74) is 5.56. The fraction of sp³-hybridized carbons (Fsp3) is 0.500. The van der Waals surface area contributed by atoms with Gasteiger partial charge in [0, 0.05) is 12.1 Å². The second-order valence-corrected chi connectivity index (χ2v) is 7.35. The maximum absolute atomic E-state index is 11.9. The minimum atomic E-state index is -3.52. The molecule has 17 heavy (non-hydrogen) atoms. The van der Waals surface area contributed by atoms with Crippen LogP contribution in [0.4, 0.5) is 0 Å². The van der Waals surface area contributed by atoms with Crippen molar-refractivity contribution in [3.8, 4) is 6.07 Å². The number of sulfonamides is 1. The van der Waals surface area contributed by atoms with Crippen molar-refractivity contribution in [3.05, 3.63) is 17.0 Å². The molecular weight excluding hydrogens is 258 g/mol. The van der Waals surface area contributed by atoms with E-state index >= 15 is 0 Å². The Balaban J connectivity index is 2.06. The summed E-state index contributed by atoms with van der Waals surface area (Å²) in [5, 5.41) is 8.65. The molecule has 1 aliphatic carbocycles. The molecule has 92 valence electrons. The van der Waals surface area contributed by atoms with Crippen molar-refractivity contribution in [2.24, 2.45) is 5.73 Å². The molecule has 1 aliphatic rings. The number of nitriles is 1. The lowest BCUT2D eigenvalue weighted by atomic mass is 9.78. The van der Waals surface area contributed by atoms with E-state index in [-0.39, 0.29) is 16.3 Å². The van der Waals surface area contributed by atoms with Crippen LogP contribution in [0, 0.1) is 11.3 Å². The van der Waals surface area contributed by atoms with Crippen molar-refractivity contribution in [2.75, 3.05) is 6.54 Å². The molecule has 0 unspecified atom stereocenters. The van der Waals surface area contributed by atoms with Crippen molar-refractivity contribution < 1.29 is 8.42 Å². The molecule has 0 bridgehead atoms. The van der Waals surface area contributed by atoms with Gasteiger partial charge in [-0.25, -0.2) is 13.1 Å². The molecule has 1 heterocycles. The third-order valence-corrected chi connectivity index (χ3v) is 5.80. The molecule has 2 rings (SSSR count). The van der Waals surface area contributed by atoms with Crippen LogP contribution < -0.4 is 10.5 Å². The van der Waals surface area contributed by atoms with Crippen LogP contribution in [-0.2, 0) is 10.0 Å². The Morgan fingerprint density at radius 3 is 2.71 bits per heavy atom. The average molecular weight is 271 g/mol. The summed E-state index contributed by atoms with van der Waals surface area (Å²) in [6.45, 7) is 0.259. The maximum Gasteiger partial charge on any atom is 0.250 e. The number of thiophene rings is 1. The summed E-state index contributed by atoms with van der Waals surface area (Å²) in [4.78, 5) is 0.386. The molecule has 7 heteroatoms. The first-order valence-corrected chi connectivity index (χ1v) is 7.54. The lowest BCUT2D eigenvalue weighted by Crippen LogP contribution is -2.54. The monoisotopic (exact) mass is 271 g/mol. The lowest BCUT2D eigenvalue weighted by Gasteiger charge is -2.37. The van der Waals surface area contributed by atoms with Crippen LogP contribution in [0.5, 0.6) is 0 Å².